The Labute approximate surface area is 128 Å². The molecule has 0 aliphatic rings. The summed E-state index contributed by atoms with van der Waals surface area (Å²) in [5.74, 6) is 0.358. The highest BCUT2D eigenvalue weighted by Crippen LogP contribution is 2.09. The molecule has 0 bridgehead atoms. The number of aliphatic imine (C=N–C) groups is 1. The molecule has 0 fully saturated rings. The van der Waals surface area contributed by atoms with Gasteiger partial charge in [0.05, 0.1) is 5.54 Å². The number of benzene rings is 1. The molecule has 4 heteroatoms. The predicted molar refractivity (Wildman–Crippen MR) is 88.7 cm³/mol. The lowest BCUT2D eigenvalue weighted by atomic mass is 10.1. The number of nitrogens with one attached hydrogen (secondary N) is 2. The number of hydrogen-bond donors (Lipinski definition) is 2. The van der Waals surface area contributed by atoms with Gasteiger partial charge in [0, 0.05) is 11.1 Å². The van der Waals surface area contributed by atoms with E-state index < -0.39 is 0 Å². The van der Waals surface area contributed by atoms with E-state index in [1.54, 1.807) is 0 Å². The SMILES string of the molecule is Cc1ccccc1C(=O)NC(=NC(C)(C)C)NC(C)(C)C. The van der Waals surface area contributed by atoms with Crippen LogP contribution in [-0.2, 0) is 0 Å². The molecule has 0 heterocycles. The molecule has 0 radical (unpaired) electrons. The first-order chi connectivity index (χ1) is 9.48. The number of hydrogen-bond acceptors (Lipinski definition) is 2. The third-order valence-corrected chi connectivity index (χ3v) is 2.56. The van der Waals surface area contributed by atoms with Crippen molar-refractivity contribution in [2.24, 2.45) is 4.99 Å². The average molecular weight is 289 g/mol. The molecule has 1 aromatic carbocycles. The summed E-state index contributed by atoms with van der Waals surface area (Å²) in [7, 11) is 0. The van der Waals surface area contributed by atoms with Crippen molar-refractivity contribution in [3.8, 4) is 0 Å². The molecule has 0 atom stereocenters. The summed E-state index contributed by atoms with van der Waals surface area (Å²) in [6.45, 7) is 14.0. The van der Waals surface area contributed by atoms with Crippen molar-refractivity contribution < 1.29 is 4.79 Å². The summed E-state index contributed by atoms with van der Waals surface area (Å²) in [5, 5.41) is 6.14. The van der Waals surface area contributed by atoms with E-state index in [2.05, 4.69) is 15.6 Å². The first-order valence-electron chi connectivity index (χ1n) is 7.23. The molecule has 4 nitrogen and oxygen atoms in total. The first kappa shape index (κ1) is 17.2. The van der Waals surface area contributed by atoms with Gasteiger partial charge in [-0.25, -0.2) is 4.99 Å². The van der Waals surface area contributed by atoms with E-state index in [0.717, 1.165) is 5.56 Å². The lowest BCUT2D eigenvalue weighted by Crippen LogP contribution is -2.50. The zero-order valence-corrected chi connectivity index (χ0v) is 14.2. The Balaban J connectivity index is 3.00. The molecule has 0 aromatic heterocycles. The van der Waals surface area contributed by atoms with Gasteiger partial charge in [-0.3, -0.25) is 10.1 Å². The van der Waals surface area contributed by atoms with Crippen molar-refractivity contribution in [1.82, 2.24) is 10.6 Å². The molecule has 21 heavy (non-hydrogen) atoms. The topological polar surface area (TPSA) is 53.5 Å². The Kier molecular flexibility index (Phi) is 5.15. The second-order valence-corrected chi connectivity index (χ2v) is 7.28. The van der Waals surface area contributed by atoms with E-state index >= 15 is 0 Å². The Morgan fingerprint density at radius 3 is 2.10 bits per heavy atom. The van der Waals surface area contributed by atoms with Crippen molar-refractivity contribution >= 4 is 11.9 Å². The summed E-state index contributed by atoms with van der Waals surface area (Å²) in [6.07, 6.45) is 0. The fourth-order valence-electron chi connectivity index (χ4n) is 1.78. The van der Waals surface area contributed by atoms with Gasteiger partial charge in [0.1, 0.15) is 0 Å². The van der Waals surface area contributed by atoms with Crippen LogP contribution in [0, 0.1) is 6.92 Å². The average Bonchev–Trinajstić information content (AvgIpc) is 2.24. The Bertz CT molecular complexity index is 534. The molecule has 116 valence electrons. The highest BCUT2D eigenvalue weighted by Gasteiger charge is 2.19. The maximum Gasteiger partial charge on any atom is 0.258 e. The fourth-order valence-corrected chi connectivity index (χ4v) is 1.78. The third-order valence-electron chi connectivity index (χ3n) is 2.56. The van der Waals surface area contributed by atoms with Gasteiger partial charge in [0.25, 0.3) is 5.91 Å². The highest BCUT2D eigenvalue weighted by atomic mass is 16.1. The van der Waals surface area contributed by atoms with Crippen molar-refractivity contribution in [1.29, 1.82) is 0 Å². The Morgan fingerprint density at radius 1 is 1.05 bits per heavy atom. The standard InChI is InChI=1S/C17H27N3O/c1-12-10-8-9-11-13(12)14(21)18-15(19-16(2,3)4)20-17(5,6)7/h8-11H,1-7H3,(H2,18,19,20,21). The van der Waals surface area contributed by atoms with Crippen LogP contribution in [-0.4, -0.2) is 22.9 Å². The number of carbonyl (C=O) groups is 1. The second kappa shape index (κ2) is 6.29. The molecule has 0 aliphatic heterocycles. The predicted octanol–water partition coefficient (Wildman–Crippen LogP) is 3.27. The fraction of sp³-hybridized carbons (Fsp3) is 0.529. The van der Waals surface area contributed by atoms with Gasteiger partial charge < -0.3 is 5.32 Å². The zero-order valence-electron chi connectivity index (χ0n) is 14.2. The largest absolute Gasteiger partial charge is 0.351 e. The Morgan fingerprint density at radius 2 is 1.62 bits per heavy atom. The molecule has 1 rings (SSSR count). The molecule has 1 amide bonds. The summed E-state index contributed by atoms with van der Waals surface area (Å²) in [6, 6.07) is 7.52. The van der Waals surface area contributed by atoms with Gasteiger partial charge in [-0.1, -0.05) is 18.2 Å². The maximum absolute atomic E-state index is 12.4. The third kappa shape index (κ3) is 6.43. The van der Waals surface area contributed by atoms with E-state index in [1.807, 2.05) is 72.7 Å². The van der Waals surface area contributed by atoms with Crippen LogP contribution in [0.3, 0.4) is 0 Å². The van der Waals surface area contributed by atoms with Crippen LogP contribution in [0.4, 0.5) is 0 Å². The molecule has 0 aliphatic carbocycles. The minimum atomic E-state index is -0.271. The van der Waals surface area contributed by atoms with E-state index in [4.69, 9.17) is 0 Å². The molecular weight excluding hydrogens is 262 g/mol. The second-order valence-electron chi connectivity index (χ2n) is 7.28. The smallest absolute Gasteiger partial charge is 0.258 e. The number of guanidine groups is 1. The van der Waals surface area contributed by atoms with Gasteiger partial charge in [-0.05, 0) is 60.1 Å². The van der Waals surface area contributed by atoms with Gasteiger partial charge in [0.15, 0.2) is 5.96 Å². The molecule has 2 N–H and O–H groups in total. The van der Waals surface area contributed by atoms with Crippen molar-refractivity contribution in [2.75, 3.05) is 0 Å². The van der Waals surface area contributed by atoms with Crippen LogP contribution < -0.4 is 10.6 Å². The number of rotatable bonds is 1. The van der Waals surface area contributed by atoms with Crippen LogP contribution >= 0.6 is 0 Å². The van der Waals surface area contributed by atoms with Gasteiger partial charge in [-0.2, -0.15) is 0 Å². The normalized spacial score (nSPS) is 13.0. The zero-order chi connectivity index (χ0) is 16.3. The minimum absolute atomic E-state index is 0.146. The van der Waals surface area contributed by atoms with Crippen molar-refractivity contribution in [3.63, 3.8) is 0 Å². The monoisotopic (exact) mass is 289 g/mol. The molecule has 0 unspecified atom stereocenters. The summed E-state index contributed by atoms with van der Waals surface area (Å²) in [5.41, 5.74) is 1.16. The van der Waals surface area contributed by atoms with Crippen LogP contribution in [0.1, 0.15) is 57.5 Å². The summed E-state index contributed by atoms with van der Waals surface area (Å²) in [4.78, 5) is 17.0. The molecule has 0 spiro atoms. The van der Waals surface area contributed by atoms with E-state index in [1.165, 1.54) is 0 Å². The van der Waals surface area contributed by atoms with Gasteiger partial charge in [0.2, 0.25) is 0 Å². The summed E-state index contributed by atoms with van der Waals surface area (Å²) < 4.78 is 0. The molecule has 0 saturated carbocycles. The van der Waals surface area contributed by atoms with Crippen LogP contribution in [0.15, 0.2) is 29.3 Å². The minimum Gasteiger partial charge on any atom is -0.351 e. The number of nitrogens with zero attached hydrogens (tertiary/aromatic N) is 1. The first-order valence-corrected chi connectivity index (χ1v) is 7.23. The molecule has 1 aromatic rings. The van der Waals surface area contributed by atoms with Gasteiger partial charge in [-0.15, -0.1) is 0 Å². The Hall–Kier alpha value is -1.84. The summed E-state index contributed by atoms with van der Waals surface area (Å²) >= 11 is 0. The quantitative estimate of drug-likeness (QED) is 0.616. The maximum atomic E-state index is 12.4. The number of carbonyl (C=O) groups excluding carboxylic acids is 1. The number of aryl methyl sites for hydroxylation is 1. The molecule has 0 saturated heterocycles. The van der Waals surface area contributed by atoms with Crippen LogP contribution in [0.25, 0.3) is 0 Å². The van der Waals surface area contributed by atoms with Crippen LogP contribution in [0.2, 0.25) is 0 Å². The van der Waals surface area contributed by atoms with E-state index in [9.17, 15) is 4.79 Å². The molecular formula is C17H27N3O. The van der Waals surface area contributed by atoms with Crippen LogP contribution in [0.5, 0.6) is 0 Å². The lowest BCUT2D eigenvalue weighted by molar-refractivity contribution is 0.0974. The van der Waals surface area contributed by atoms with Gasteiger partial charge >= 0.3 is 0 Å². The lowest BCUT2D eigenvalue weighted by Gasteiger charge is -2.26. The van der Waals surface area contributed by atoms with E-state index in [0.29, 0.717) is 11.5 Å². The highest BCUT2D eigenvalue weighted by molar-refractivity contribution is 6.06. The van der Waals surface area contributed by atoms with Crippen molar-refractivity contribution in [3.05, 3.63) is 35.4 Å². The van der Waals surface area contributed by atoms with Crippen molar-refractivity contribution in [2.45, 2.75) is 59.5 Å². The number of amides is 1. The van der Waals surface area contributed by atoms with E-state index in [-0.39, 0.29) is 17.0 Å².